The van der Waals surface area contributed by atoms with Gasteiger partial charge in [0.15, 0.2) is 0 Å². The minimum absolute atomic E-state index is 0.00636. The number of rotatable bonds is 11. The summed E-state index contributed by atoms with van der Waals surface area (Å²) in [6, 6.07) is 13.2. The maximum absolute atomic E-state index is 14.5. The molecule has 1 heterocycles. The Morgan fingerprint density at radius 2 is 1.63 bits per heavy atom. The van der Waals surface area contributed by atoms with Crippen molar-refractivity contribution in [3.8, 4) is 0 Å². The maximum Gasteiger partial charge on any atom is 0.316 e. The van der Waals surface area contributed by atoms with Gasteiger partial charge < -0.3 is 20.2 Å². The number of amides is 2. The van der Waals surface area contributed by atoms with E-state index in [2.05, 4.69) is 10.2 Å². The molecule has 1 aliphatic heterocycles. The molecule has 4 bridgehead atoms. The second-order valence-electron chi connectivity index (χ2n) is 14.1. The number of benzene rings is 2. The third-order valence-corrected chi connectivity index (χ3v) is 10.7. The van der Waals surface area contributed by atoms with Crippen LogP contribution in [-0.4, -0.2) is 65.5 Å². The van der Waals surface area contributed by atoms with E-state index in [4.69, 9.17) is 0 Å². The van der Waals surface area contributed by atoms with Crippen molar-refractivity contribution < 1.29 is 24.8 Å². The third-order valence-electron chi connectivity index (χ3n) is 10.7. The summed E-state index contributed by atoms with van der Waals surface area (Å²) in [5.41, 5.74) is 0.978. The van der Waals surface area contributed by atoms with Gasteiger partial charge in [-0.05, 0) is 99.9 Å². The second kappa shape index (κ2) is 11.7. The smallest absolute Gasteiger partial charge is 0.316 e. The van der Waals surface area contributed by atoms with E-state index in [0.717, 1.165) is 55.5 Å². The zero-order valence-corrected chi connectivity index (χ0v) is 25.3. The fourth-order valence-corrected chi connectivity index (χ4v) is 9.37. The molecule has 0 unspecified atom stereocenters. The third kappa shape index (κ3) is 5.57. The lowest BCUT2D eigenvalue weighted by molar-refractivity contribution is -0.729. The topological polar surface area (TPSA) is 116 Å². The summed E-state index contributed by atoms with van der Waals surface area (Å²) in [4.78, 5) is 44.3. The molecule has 9 heteroatoms. The van der Waals surface area contributed by atoms with E-state index in [1.807, 2.05) is 31.1 Å². The van der Waals surface area contributed by atoms with Crippen molar-refractivity contribution in [2.24, 2.45) is 23.2 Å². The van der Waals surface area contributed by atoms with Crippen LogP contribution in [0.4, 0.5) is 5.69 Å². The van der Waals surface area contributed by atoms with Gasteiger partial charge in [0.25, 0.3) is 4.92 Å². The fourth-order valence-electron chi connectivity index (χ4n) is 9.37. The summed E-state index contributed by atoms with van der Waals surface area (Å²) in [5, 5.41) is 24.3. The molecule has 2 aromatic rings. The predicted molar refractivity (Wildman–Crippen MR) is 159 cm³/mol. The van der Waals surface area contributed by atoms with Gasteiger partial charge in [0, 0.05) is 31.6 Å². The number of nitrogens with zero attached hydrogens (tertiary/aromatic N) is 3. The van der Waals surface area contributed by atoms with Gasteiger partial charge in [-0.2, -0.15) is 0 Å². The molecule has 43 heavy (non-hydrogen) atoms. The van der Waals surface area contributed by atoms with Gasteiger partial charge in [0.1, 0.15) is 5.41 Å². The Morgan fingerprint density at radius 1 is 1.02 bits per heavy atom. The van der Waals surface area contributed by atoms with Crippen molar-refractivity contribution in [1.29, 1.82) is 0 Å². The van der Waals surface area contributed by atoms with E-state index in [-0.39, 0.29) is 40.9 Å². The van der Waals surface area contributed by atoms with Gasteiger partial charge in [-0.1, -0.05) is 42.0 Å². The lowest BCUT2D eigenvalue weighted by atomic mass is 9.49. The van der Waals surface area contributed by atoms with Crippen molar-refractivity contribution in [3.63, 3.8) is 0 Å². The van der Waals surface area contributed by atoms with Crippen LogP contribution in [0.5, 0.6) is 0 Å². The van der Waals surface area contributed by atoms with Crippen LogP contribution < -0.4 is 10.4 Å². The monoisotopic (exact) mass is 588 g/mol. The van der Waals surface area contributed by atoms with E-state index in [1.54, 1.807) is 24.3 Å². The number of likely N-dealkylation sites (tertiary alicyclic amines) is 1. The quantitative estimate of drug-likeness (QED) is 0.305. The molecular weight excluding hydrogens is 544 g/mol. The van der Waals surface area contributed by atoms with Gasteiger partial charge in [-0.25, -0.2) is 5.21 Å². The van der Waals surface area contributed by atoms with Crippen LogP contribution in [0.1, 0.15) is 74.1 Å². The van der Waals surface area contributed by atoms with Gasteiger partial charge in [0.2, 0.25) is 11.8 Å². The van der Waals surface area contributed by atoms with E-state index >= 15 is 0 Å². The van der Waals surface area contributed by atoms with E-state index < -0.39 is 11.5 Å². The Kier molecular flexibility index (Phi) is 8.07. The molecule has 4 aliphatic carbocycles. The molecule has 5 fully saturated rings. The van der Waals surface area contributed by atoms with Crippen molar-refractivity contribution in [2.45, 2.75) is 69.4 Å². The molecule has 2 aromatic carbocycles. The van der Waals surface area contributed by atoms with Crippen LogP contribution in [0.3, 0.4) is 0 Å². The normalized spacial score (nSPS) is 31.2. The second-order valence-corrected chi connectivity index (χ2v) is 14.1. The van der Waals surface area contributed by atoms with Crippen molar-refractivity contribution >= 4 is 17.5 Å². The van der Waals surface area contributed by atoms with Crippen LogP contribution >= 0.6 is 0 Å². The number of carbonyl (C=O) groups is 2. The number of carbonyl (C=O) groups excluding carboxylic acids is 2. The molecule has 0 spiro atoms. The largest absolute Gasteiger partial charge is 0.851 e. The highest BCUT2D eigenvalue weighted by Gasteiger charge is 2.60. The first kappa shape index (κ1) is 29.8. The summed E-state index contributed by atoms with van der Waals surface area (Å²) < 4.78 is 0. The molecule has 2 N–H and O–H groups in total. The lowest BCUT2D eigenvalue weighted by Crippen LogP contribution is -2.53. The summed E-state index contributed by atoms with van der Waals surface area (Å²) in [7, 11) is 3.98. The Morgan fingerprint density at radius 3 is 2.16 bits per heavy atom. The van der Waals surface area contributed by atoms with Crippen LogP contribution in [0.25, 0.3) is 0 Å². The van der Waals surface area contributed by atoms with Crippen molar-refractivity contribution in [2.75, 3.05) is 33.7 Å². The summed E-state index contributed by atoms with van der Waals surface area (Å²) in [6.45, 7) is 1.57. The number of hydrogen-bond acceptors (Lipinski definition) is 5. The van der Waals surface area contributed by atoms with E-state index in [1.165, 1.54) is 31.4 Å². The first-order chi connectivity index (χ1) is 20.6. The highest BCUT2D eigenvalue weighted by Crippen LogP contribution is 2.62. The van der Waals surface area contributed by atoms with Crippen molar-refractivity contribution in [1.82, 2.24) is 15.1 Å². The highest BCUT2D eigenvalue weighted by atomic mass is 16.6. The van der Waals surface area contributed by atoms with E-state index in [9.17, 15) is 24.8 Å². The van der Waals surface area contributed by atoms with Gasteiger partial charge in [0.05, 0.1) is 10.9 Å². The summed E-state index contributed by atoms with van der Waals surface area (Å²) in [5.74, 6) is 1.91. The molecule has 2 atom stereocenters. The lowest BCUT2D eigenvalue weighted by Gasteiger charge is -2.58. The van der Waals surface area contributed by atoms with Gasteiger partial charge >= 0.3 is 5.69 Å². The molecule has 9 nitrogen and oxygen atoms in total. The molecule has 4 saturated carbocycles. The average molecular weight is 589 g/mol. The SMILES string of the molecule is CN(C)CCCNC(=O)[C@@]1(c2ccc([N+](=O)O)cc2)CC(=O)N(CC23CC4CC(CC(C4)C2)C3)[C@@H]1c1ccc(C[O-])cc1. The van der Waals surface area contributed by atoms with Crippen LogP contribution in [0, 0.1) is 28.1 Å². The minimum atomic E-state index is -1.25. The molecule has 1 saturated heterocycles. The predicted octanol–water partition coefficient (Wildman–Crippen LogP) is 3.84. The molecule has 0 aromatic heterocycles. The molecular formula is C34H44N4O5. The zero-order valence-electron chi connectivity index (χ0n) is 25.3. The Balaban J connectivity index is 1.43. The Bertz CT molecular complexity index is 1320. The first-order valence-electron chi connectivity index (χ1n) is 15.8. The Labute approximate surface area is 253 Å². The highest BCUT2D eigenvalue weighted by molar-refractivity contribution is 5.98. The number of hydrogen-bond donors (Lipinski definition) is 2. The summed E-state index contributed by atoms with van der Waals surface area (Å²) >= 11 is 0. The van der Waals surface area contributed by atoms with Crippen LogP contribution in [-0.2, 0) is 21.6 Å². The Hall–Kier alpha value is -3.30. The first-order valence-corrected chi connectivity index (χ1v) is 15.8. The molecule has 7 rings (SSSR count). The number of nitrogens with one attached hydrogen (secondary N) is 1. The molecule has 0 radical (unpaired) electrons. The molecule has 2 amide bonds. The van der Waals surface area contributed by atoms with Gasteiger partial charge in [-0.3, -0.25) is 9.59 Å². The van der Waals surface area contributed by atoms with E-state index in [0.29, 0.717) is 24.2 Å². The minimum Gasteiger partial charge on any atom is -0.851 e. The van der Waals surface area contributed by atoms with Gasteiger partial charge in [-0.15, -0.1) is 6.61 Å². The zero-order chi connectivity index (χ0) is 30.4. The van der Waals surface area contributed by atoms with Crippen LogP contribution in [0.2, 0.25) is 0 Å². The maximum atomic E-state index is 14.5. The van der Waals surface area contributed by atoms with Crippen molar-refractivity contribution in [3.05, 3.63) is 70.1 Å². The molecule has 5 aliphatic rings. The standard InChI is InChI=1S/C34H44N4O5/c1-36(2)13-3-12-35-32(41)34(28-8-10-29(11-9-28)38(42)43)20-30(40)37(31(34)27-6-4-23(21-39)5-7-27)22-33-17-24-14-25(18-33)16-26(15-24)19-33/h4-11,24-26,31H,3,12-22H2,1-2H3,(H,35,41)(H,42,43)/t24?,25?,26?,31-,33?,34-/m1/s1. The summed E-state index contributed by atoms with van der Waals surface area (Å²) in [6.07, 6.45) is 8.10. The average Bonchev–Trinajstić information content (AvgIpc) is 3.26. The molecule has 230 valence electrons. The van der Waals surface area contributed by atoms with Crippen LogP contribution in [0.15, 0.2) is 48.5 Å². The fraction of sp³-hybridized carbons (Fsp3) is 0.588.